The number of nitrogens with one attached hydrogen (secondary N) is 1. The quantitative estimate of drug-likeness (QED) is 0.871. The van der Waals surface area contributed by atoms with Gasteiger partial charge in [0.1, 0.15) is 0 Å². The van der Waals surface area contributed by atoms with Gasteiger partial charge in [0.15, 0.2) is 0 Å². The van der Waals surface area contributed by atoms with Crippen LogP contribution < -0.4 is 9.62 Å². The van der Waals surface area contributed by atoms with E-state index >= 15 is 0 Å². The number of carbonyl (C=O) groups excluding carboxylic acids is 1. The topological polar surface area (TPSA) is 66.5 Å². The molecule has 0 spiro atoms. The third-order valence-corrected chi connectivity index (χ3v) is 5.02. The van der Waals surface area contributed by atoms with E-state index in [-0.39, 0.29) is 11.9 Å². The predicted molar refractivity (Wildman–Crippen MR) is 93.4 cm³/mol. The largest absolute Gasteiger partial charge is 0.309 e. The molecule has 2 aromatic rings. The lowest BCUT2D eigenvalue weighted by molar-refractivity contribution is -0.118. The van der Waals surface area contributed by atoms with Crippen molar-refractivity contribution in [1.29, 1.82) is 0 Å². The van der Waals surface area contributed by atoms with Crippen molar-refractivity contribution >= 4 is 38.6 Å². The first-order chi connectivity index (χ1) is 10.9. The number of amides is 1. The van der Waals surface area contributed by atoms with E-state index in [1.165, 1.54) is 0 Å². The van der Waals surface area contributed by atoms with E-state index in [2.05, 4.69) is 4.72 Å². The van der Waals surface area contributed by atoms with Gasteiger partial charge in [-0.2, -0.15) is 0 Å². The molecule has 1 heterocycles. The molecule has 1 aromatic heterocycles. The number of benzene rings is 1. The fourth-order valence-corrected chi connectivity index (χ4v) is 3.70. The molecule has 3 rings (SSSR count). The minimum atomic E-state index is -3.29. The zero-order chi connectivity index (χ0) is 16.4. The molecule has 1 fully saturated rings. The number of hydrogen-bond donors (Lipinski definition) is 1. The fourth-order valence-electron chi connectivity index (χ4n) is 2.44. The van der Waals surface area contributed by atoms with Gasteiger partial charge >= 0.3 is 0 Å². The van der Waals surface area contributed by atoms with Gasteiger partial charge in [-0.05, 0) is 48.6 Å². The van der Waals surface area contributed by atoms with Gasteiger partial charge in [0.25, 0.3) is 0 Å². The molecule has 0 bridgehead atoms. The lowest BCUT2D eigenvalue weighted by atomic mass is 10.2. The summed E-state index contributed by atoms with van der Waals surface area (Å²) in [6.45, 7) is 0. The van der Waals surface area contributed by atoms with Gasteiger partial charge in [0, 0.05) is 22.3 Å². The Morgan fingerprint density at radius 3 is 2.48 bits per heavy atom. The molecule has 5 nitrogen and oxygen atoms in total. The highest BCUT2D eigenvalue weighted by Crippen LogP contribution is 2.33. The molecule has 1 saturated carbocycles. The van der Waals surface area contributed by atoms with Crippen molar-refractivity contribution in [2.45, 2.75) is 25.3 Å². The van der Waals surface area contributed by atoms with Crippen LogP contribution in [0.1, 0.15) is 17.7 Å². The number of anilines is 2. The Labute approximate surface area is 140 Å². The maximum Gasteiger partial charge on any atom is 0.232 e. The van der Waals surface area contributed by atoms with Crippen molar-refractivity contribution in [3.05, 3.63) is 46.7 Å². The Morgan fingerprint density at radius 2 is 1.96 bits per heavy atom. The van der Waals surface area contributed by atoms with Gasteiger partial charge in [0.2, 0.25) is 15.9 Å². The molecule has 0 unspecified atom stereocenters. The van der Waals surface area contributed by atoms with E-state index < -0.39 is 10.0 Å². The van der Waals surface area contributed by atoms with Gasteiger partial charge in [-0.25, -0.2) is 8.42 Å². The minimum absolute atomic E-state index is 0.0822. The SMILES string of the molecule is CS(=O)(=O)Nc1ccc(N(C(=O)Cc2cccs2)C2CC2)cc1. The molecule has 1 aliphatic carbocycles. The standard InChI is InChI=1S/C16H18N2O3S2/c1-23(20,21)17-12-4-6-13(7-5-12)18(14-8-9-14)16(19)11-15-3-2-10-22-15/h2-7,10,14,17H,8-9,11H2,1H3. The third kappa shape index (κ3) is 4.33. The van der Waals surface area contributed by atoms with Crippen molar-refractivity contribution in [2.75, 3.05) is 15.9 Å². The van der Waals surface area contributed by atoms with E-state index in [1.54, 1.807) is 35.6 Å². The Balaban J connectivity index is 1.77. The van der Waals surface area contributed by atoms with Crippen LogP contribution in [0.4, 0.5) is 11.4 Å². The molecule has 1 aromatic carbocycles. The first-order valence-corrected chi connectivity index (χ1v) is 10.1. The number of hydrogen-bond acceptors (Lipinski definition) is 4. The van der Waals surface area contributed by atoms with Crippen LogP contribution in [0.15, 0.2) is 41.8 Å². The second-order valence-electron chi connectivity index (χ2n) is 5.67. The maximum absolute atomic E-state index is 12.6. The molecule has 23 heavy (non-hydrogen) atoms. The lowest BCUT2D eigenvalue weighted by Gasteiger charge is -2.22. The number of rotatable bonds is 6. The van der Waals surface area contributed by atoms with E-state index in [0.29, 0.717) is 12.1 Å². The van der Waals surface area contributed by atoms with Crippen molar-refractivity contribution in [3.63, 3.8) is 0 Å². The van der Waals surface area contributed by atoms with E-state index in [9.17, 15) is 13.2 Å². The van der Waals surface area contributed by atoms with Gasteiger partial charge in [-0.1, -0.05) is 6.07 Å². The Morgan fingerprint density at radius 1 is 1.26 bits per heavy atom. The zero-order valence-corrected chi connectivity index (χ0v) is 14.4. The summed E-state index contributed by atoms with van der Waals surface area (Å²) < 4.78 is 24.9. The normalized spacial score (nSPS) is 14.5. The Bertz CT molecular complexity index is 779. The van der Waals surface area contributed by atoms with E-state index in [4.69, 9.17) is 0 Å². The van der Waals surface area contributed by atoms with Crippen molar-refractivity contribution < 1.29 is 13.2 Å². The first kappa shape index (κ1) is 16.0. The van der Waals surface area contributed by atoms with Crippen LogP contribution in [-0.2, 0) is 21.2 Å². The summed E-state index contributed by atoms with van der Waals surface area (Å²) in [6, 6.07) is 11.1. The second-order valence-corrected chi connectivity index (χ2v) is 8.45. The molecule has 1 N–H and O–H groups in total. The number of sulfonamides is 1. The van der Waals surface area contributed by atoms with E-state index in [1.807, 2.05) is 22.4 Å². The van der Waals surface area contributed by atoms with Crippen LogP contribution in [0.25, 0.3) is 0 Å². The van der Waals surface area contributed by atoms with Crippen molar-refractivity contribution in [2.24, 2.45) is 0 Å². The summed E-state index contributed by atoms with van der Waals surface area (Å²) in [6.07, 6.45) is 3.54. The first-order valence-electron chi connectivity index (χ1n) is 7.35. The van der Waals surface area contributed by atoms with Crippen LogP contribution in [0.3, 0.4) is 0 Å². The summed E-state index contributed by atoms with van der Waals surface area (Å²) >= 11 is 1.58. The maximum atomic E-state index is 12.6. The highest BCUT2D eigenvalue weighted by molar-refractivity contribution is 7.92. The van der Waals surface area contributed by atoms with Gasteiger partial charge < -0.3 is 4.90 Å². The predicted octanol–water partition coefficient (Wildman–Crippen LogP) is 2.86. The number of carbonyl (C=O) groups is 1. The highest BCUT2D eigenvalue weighted by atomic mass is 32.2. The van der Waals surface area contributed by atoms with Crippen molar-refractivity contribution in [1.82, 2.24) is 0 Å². The van der Waals surface area contributed by atoms with Crippen LogP contribution >= 0.6 is 11.3 Å². The molecule has 1 amide bonds. The summed E-state index contributed by atoms with van der Waals surface area (Å²) in [5.41, 5.74) is 1.31. The molecule has 1 aliphatic rings. The highest BCUT2D eigenvalue weighted by Gasteiger charge is 2.33. The summed E-state index contributed by atoms with van der Waals surface area (Å²) in [5.74, 6) is 0.0822. The molecule has 7 heteroatoms. The van der Waals surface area contributed by atoms with Gasteiger partial charge in [-0.3, -0.25) is 9.52 Å². The van der Waals surface area contributed by atoms with Gasteiger partial charge in [0.05, 0.1) is 12.7 Å². The number of nitrogens with zero attached hydrogens (tertiary/aromatic N) is 1. The summed E-state index contributed by atoms with van der Waals surface area (Å²) in [7, 11) is -3.29. The minimum Gasteiger partial charge on any atom is -0.309 e. The molecular formula is C16H18N2O3S2. The van der Waals surface area contributed by atoms with Crippen LogP contribution in [0, 0.1) is 0 Å². The molecule has 0 aliphatic heterocycles. The molecule has 122 valence electrons. The number of thiophene rings is 1. The average molecular weight is 350 g/mol. The molecular weight excluding hydrogens is 332 g/mol. The summed E-state index contributed by atoms with van der Waals surface area (Å²) in [5, 5.41) is 1.97. The second kappa shape index (κ2) is 6.33. The Kier molecular flexibility index (Phi) is 4.41. The monoisotopic (exact) mass is 350 g/mol. The van der Waals surface area contributed by atoms with E-state index in [0.717, 1.165) is 29.7 Å². The van der Waals surface area contributed by atoms with Gasteiger partial charge in [-0.15, -0.1) is 11.3 Å². The molecule has 0 atom stereocenters. The summed E-state index contributed by atoms with van der Waals surface area (Å²) in [4.78, 5) is 15.5. The lowest BCUT2D eigenvalue weighted by Crippen LogP contribution is -2.34. The molecule has 0 saturated heterocycles. The van der Waals surface area contributed by atoms with Crippen LogP contribution in [0.2, 0.25) is 0 Å². The average Bonchev–Trinajstić information content (AvgIpc) is 3.16. The zero-order valence-electron chi connectivity index (χ0n) is 12.7. The third-order valence-electron chi connectivity index (χ3n) is 3.53. The van der Waals surface area contributed by atoms with Crippen molar-refractivity contribution in [3.8, 4) is 0 Å². The van der Waals surface area contributed by atoms with Crippen LogP contribution in [0.5, 0.6) is 0 Å². The Hall–Kier alpha value is -1.86. The molecule has 0 radical (unpaired) electrons. The fraction of sp³-hybridized carbons (Fsp3) is 0.312. The smallest absolute Gasteiger partial charge is 0.232 e. The van der Waals surface area contributed by atoms with Crippen LogP contribution in [-0.4, -0.2) is 26.6 Å².